The molecule has 0 aromatic rings. The van der Waals surface area contributed by atoms with E-state index in [0.717, 1.165) is 24.2 Å². The molecule has 3 unspecified atom stereocenters. The molecule has 0 bridgehead atoms. The molecule has 2 rings (SSSR count). The second-order valence-electron chi connectivity index (χ2n) is 5.91. The summed E-state index contributed by atoms with van der Waals surface area (Å²) < 4.78 is 0. The first-order valence-electron chi connectivity index (χ1n) is 6.69. The highest BCUT2D eigenvalue weighted by molar-refractivity contribution is 5.83. The smallest absolute Gasteiger partial charge is 0.135 e. The fraction of sp³-hybridized carbons (Fsp3) is 0.929. The standard InChI is InChI=1S/C14H24O/c1-10-3-4-12(9-11(10)2)5-8-14(15)13-6-7-13/h10-13H,3-9H2,1-2H3. The molecule has 0 N–H and O–H groups in total. The van der Waals surface area contributed by atoms with Crippen LogP contribution in [0, 0.1) is 23.7 Å². The van der Waals surface area contributed by atoms with Crippen molar-refractivity contribution in [2.75, 3.05) is 0 Å². The number of ketones is 1. The Balaban J connectivity index is 1.68. The van der Waals surface area contributed by atoms with Crippen LogP contribution in [-0.4, -0.2) is 5.78 Å². The zero-order chi connectivity index (χ0) is 10.8. The summed E-state index contributed by atoms with van der Waals surface area (Å²) in [6.45, 7) is 4.75. The quantitative estimate of drug-likeness (QED) is 0.686. The third-order valence-corrected chi connectivity index (χ3v) is 4.54. The van der Waals surface area contributed by atoms with Gasteiger partial charge in [0.25, 0.3) is 0 Å². The lowest BCUT2D eigenvalue weighted by molar-refractivity contribution is -0.120. The lowest BCUT2D eigenvalue weighted by Crippen LogP contribution is -2.21. The van der Waals surface area contributed by atoms with Gasteiger partial charge in [0.15, 0.2) is 0 Å². The predicted molar refractivity (Wildman–Crippen MR) is 62.6 cm³/mol. The number of hydrogen-bond donors (Lipinski definition) is 0. The molecule has 0 saturated heterocycles. The molecule has 2 saturated carbocycles. The molecule has 1 nitrogen and oxygen atoms in total. The van der Waals surface area contributed by atoms with Crippen molar-refractivity contribution in [1.82, 2.24) is 0 Å². The van der Waals surface area contributed by atoms with Gasteiger partial charge in [0, 0.05) is 12.3 Å². The average Bonchev–Trinajstić information content (AvgIpc) is 3.03. The Labute approximate surface area is 93.6 Å². The second-order valence-corrected chi connectivity index (χ2v) is 5.91. The first-order chi connectivity index (χ1) is 7.16. The molecule has 0 radical (unpaired) electrons. The van der Waals surface area contributed by atoms with Gasteiger partial charge in [-0.05, 0) is 43.4 Å². The lowest BCUT2D eigenvalue weighted by Gasteiger charge is -2.31. The molecule has 2 aliphatic rings. The highest BCUT2D eigenvalue weighted by Crippen LogP contribution is 2.37. The Morgan fingerprint density at radius 3 is 2.40 bits per heavy atom. The molecule has 86 valence electrons. The van der Waals surface area contributed by atoms with E-state index in [2.05, 4.69) is 13.8 Å². The maximum atomic E-state index is 11.6. The summed E-state index contributed by atoms with van der Waals surface area (Å²) in [4.78, 5) is 11.6. The van der Waals surface area contributed by atoms with E-state index in [1.165, 1.54) is 38.5 Å². The van der Waals surface area contributed by atoms with Gasteiger partial charge < -0.3 is 0 Å². The summed E-state index contributed by atoms with van der Waals surface area (Å²) in [6.07, 6.45) is 8.50. The Hall–Kier alpha value is -0.330. The highest BCUT2D eigenvalue weighted by Gasteiger charge is 2.30. The molecule has 0 amide bonds. The predicted octanol–water partition coefficient (Wildman–Crippen LogP) is 3.82. The van der Waals surface area contributed by atoms with E-state index in [9.17, 15) is 4.79 Å². The molecule has 3 atom stereocenters. The zero-order valence-corrected chi connectivity index (χ0v) is 10.2. The number of rotatable bonds is 4. The van der Waals surface area contributed by atoms with Gasteiger partial charge in [0.05, 0.1) is 0 Å². The minimum atomic E-state index is 0.477. The maximum absolute atomic E-state index is 11.6. The number of Topliss-reactive ketones (excluding diaryl/α,β-unsaturated/α-hetero) is 1. The lowest BCUT2D eigenvalue weighted by atomic mass is 9.74. The minimum absolute atomic E-state index is 0.477. The van der Waals surface area contributed by atoms with Crippen molar-refractivity contribution in [3.63, 3.8) is 0 Å². The highest BCUT2D eigenvalue weighted by atomic mass is 16.1. The average molecular weight is 208 g/mol. The SMILES string of the molecule is CC1CCC(CCC(=O)C2CC2)CC1C. The van der Waals surface area contributed by atoms with E-state index < -0.39 is 0 Å². The van der Waals surface area contributed by atoms with E-state index in [1.54, 1.807) is 0 Å². The Bertz CT molecular complexity index is 229. The third kappa shape index (κ3) is 3.06. The van der Waals surface area contributed by atoms with Crippen molar-refractivity contribution >= 4 is 5.78 Å². The van der Waals surface area contributed by atoms with Crippen LogP contribution in [0.3, 0.4) is 0 Å². The summed E-state index contributed by atoms with van der Waals surface area (Å²) in [5.74, 6) is 3.66. The largest absolute Gasteiger partial charge is 0.299 e. The van der Waals surface area contributed by atoms with E-state index in [0.29, 0.717) is 11.7 Å². The van der Waals surface area contributed by atoms with Crippen molar-refractivity contribution in [1.29, 1.82) is 0 Å². The van der Waals surface area contributed by atoms with E-state index in [4.69, 9.17) is 0 Å². The topological polar surface area (TPSA) is 17.1 Å². The summed E-state index contributed by atoms with van der Waals surface area (Å²) in [5.41, 5.74) is 0. The molecule has 0 spiro atoms. The summed E-state index contributed by atoms with van der Waals surface area (Å²) in [6, 6.07) is 0. The van der Waals surface area contributed by atoms with Crippen LogP contribution in [0.1, 0.15) is 58.8 Å². The fourth-order valence-electron chi connectivity index (χ4n) is 2.88. The molecule has 0 aromatic carbocycles. The van der Waals surface area contributed by atoms with Gasteiger partial charge in [-0.2, -0.15) is 0 Å². The minimum Gasteiger partial charge on any atom is -0.299 e. The molecule has 0 aliphatic heterocycles. The third-order valence-electron chi connectivity index (χ3n) is 4.54. The van der Waals surface area contributed by atoms with Crippen LogP contribution in [0.15, 0.2) is 0 Å². The van der Waals surface area contributed by atoms with E-state index in [-0.39, 0.29) is 0 Å². The van der Waals surface area contributed by atoms with Crippen molar-refractivity contribution < 1.29 is 4.79 Å². The Morgan fingerprint density at radius 2 is 1.80 bits per heavy atom. The molecule has 15 heavy (non-hydrogen) atoms. The molecular weight excluding hydrogens is 184 g/mol. The van der Waals surface area contributed by atoms with Crippen LogP contribution < -0.4 is 0 Å². The van der Waals surface area contributed by atoms with Crippen LogP contribution in [-0.2, 0) is 4.79 Å². The van der Waals surface area contributed by atoms with Gasteiger partial charge >= 0.3 is 0 Å². The molecule has 0 aromatic heterocycles. The van der Waals surface area contributed by atoms with Crippen LogP contribution >= 0.6 is 0 Å². The second kappa shape index (κ2) is 4.67. The number of carbonyl (C=O) groups excluding carboxylic acids is 1. The van der Waals surface area contributed by atoms with Crippen molar-refractivity contribution in [2.24, 2.45) is 23.7 Å². The van der Waals surface area contributed by atoms with Crippen molar-refractivity contribution in [3.8, 4) is 0 Å². The normalized spacial score (nSPS) is 36.5. The van der Waals surface area contributed by atoms with E-state index in [1.807, 2.05) is 0 Å². The van der Waals surface area contributed by atoms with E-state index >= 15 is 0 Å². The maximum Gasteiger partial charge on any atom is 0.135 e. The van der Waals surface area contributed by atoms with Crippen LogP contribution in [0.4, 0.5) is 0 Å². The van der Waals surface area contributed by atoms with Gasteiger partial charge in [-0.3, -0.25) is 4.79 Å². The number of carbonyl (C=O) groups is 1. The van der Waals surface area contributed by atoms with Gasteiger partial charge in [-0.15, -0.1) is 0 Å². The molecule has 1 heteroatoms. The zero-order valence-electron chi connectivity index (χ0n) is 10.2. The molecule has 2 fully saturated rings. The monoisotopic (exact) mass is 208 g/mol. The van der Waals surface area contributed by atoms with Crippen LogP contribution in [0.2, 0.25) is 0 Å². The summed E-state index contributed by atoms with van der Waals surface area (Å²) in [7, 11) is 0. The Morgan fingerprint density at radius 1 is 1.07 bits per heavy atom. The molecule has 0 heterocycles. The summed E-state index contributed by atoms with van der Waals surface area (Å²) in [5, 5.41) is 0. The fourth-order valence-corrected chi connectivity index (χ4v) is 2.88. The molecule has 2 aliphatic carbocycles. The molecular formula is C14H24O. The van der Waals surface area contributed by atoms with Crippen molar-refractivity contribution in [3.05, 3.63) is 0 Å². The van der Waals surface area contributed by atoms with Gasteiger partial charge in [0.2, 0.25) is 0 Å². The van der Waals surface area contributed by atoms with Crippen LogP contribution in [0.5, 0.6) is 0 Å². The number of hydrogen-bond acceptors (Lipinski definition) is 1. The van der Waals surface area contributed by atoms with Crippen molar-refractivity contribution in [2.45, 2.75) is 58.8 Å². The first kappa shape index (κ1) is 11.2. The van der Waals surface area contributed by atoms with Crippen LogP contribution in [0.25, 0.3) is 0 Å². The Kier molecular flexibility index (Phi) is 3.48. The summed E-state index contributed by atoms with van der Waals surface area (Å²) >= 11 is 0. The van der Waals surface area contributed by atoms with Gasteiger partial charge in [-0.25, -0.2) is 0 Å². The first-order valence-corrected chi connectivity index (χ1v) is 6.69. The van der Waals surface area contributed by atoms with Gasteiger partial charge in [-0.1, -0.05) is 26.7 Å². The van der Waals surface area contributed by atoms with Gasteiger partial charge in [0.1, 0.15) is 5.78 Å².